The van der Waals surface area contributed by atoms with Crippen LogP contribution in [0, 0.1) is 0 Å². The Hall–Kier alpha value is -0.880. The van der Waals surface area contributed by atoms with Crippen molar-refractivity contribution in [3.63, 3.8) is 0 Å². The number of benzene rings is 1. The van der Waals surface area contributed by atoms with E-state index in [4.69, 9.17) is 4.52 Å². The van der Waals surface area contributed by atoms with Gasteiger partial charge in [0.15, 0.2) is 0 Å². The fourth-order valence-corrected chi connectivity index (χ4v) is 2.64. The Balaban J connectivity index is 2.87. The second-order valence-corrected chi connectivity index (χ2v) is 11.5. The van der Waals surface area contributed by atoms with Crippen molar-refractivity contribution in [2.24, 2.45) is 0 Å². The molecule has 0 unspecified atom stereocenters. The molecule has 0 saturated carbocycles. The first-order chi connectivity index (χ1) is 7.39. The molecule has 0 N–H and O–H groups in total. The normalized spacial score (nSPS) is 13.9. The van der Waals surface area contributed by atoms with Crippen LogP contribution in [0.25, 0.3) is 0 Å². The van der Waals surface area contributed by atoms with Crippen molar-refractivity contribution in [1.29, 1.82) is 0 Å². The third-order valence-electron chi connectivity index (χ3n) is 3.37. The summed E-state index contributed by atoms with van der Waals surface area (Å²) in [6.45, 7) is 6.17. The number of hydrogen-bond acceptors (Lipinski definition) is 2. The van der Waals surface area contributed by atoms with Gasteiger partial charge in [0, 0.05) is 0 Å². The van der Waals surface area contributed by atoms with Gasteiger partial charge in [-0.15, -0.1) is 0 Å². The van der Waals surface area contributed by atoms with E-state index in [1.807, 2.05) is 18.2 Å². The van der Waals surface area contributed by atoms with E-state index in [1.165, 1.54) is 0 Å². The Morgan fingerprint density at radius 3 is 2.06 bits per heavy atom. The van der Waals surface area contributed by atoms with Crippen LogP contribution in [-0.4, -0.2) is 31.6 Å². The predicted octanol–water partition coefficient (Wildman–Crippen LogP) is 3.61. The number of carbonyl (C=O) groups is 1. The molecule has 0 spiro atoms. The summed E-state index contributed by atoms with van der Waals surface area (Å²) in [6, 6.07) is 9.20. The predicted molar refractivity (Wildman–Crippen MR) is 71.7 cm³/mol. The SMILES string of the molecule is CCP(C)(C)(CC)OC(=O)c1ccccc1. The van der Waals surface area contributed by atoms with Crippen LogP contribution in [0.3, 0.4) is 0 Å². The van der Waals surface area contributed by atoms with Crippen LogP contribution in [0.4, 0.5) is 0 Å². The molecule has 0 aromatic heterocycles. The zero-order valence-electron chi connectivity index (χ0n) is 10.6. The first-order valence-electron chi connectivity index (χ1n) is 5.69. The number of rotatable bonds is 4. The molecule has 0 aliphatic heterocycles. The zero-order chi connectivity index (χ0) is 12.3. The first-order valence-corrected chi connectivity index (χ1v) is 9.11. The minimum atomic E-state index is -2.26. The standard InChI is InChI=1S/C13H21O2P/c1-5-16(3,4,6-2)15-13(14)12-10-8-7-9-11-12/h7-11H,5-6H2,1-4H3. The Kier molecular flexibility index (Phi) is 3.75. The van der Waals surface area contributed by atoms with Crippen molar-refractivity contribution >= 4 is 12.8 Å². The third kappa shape index (κ3) is 3.05. The van der Waals surface area contributed by atoms with Gasteiger partial charge in [0.25, 0.3) is 0 Å². The molecule has 0 heterocycles. The fraction of sp³-hybridized carbons (Fsp3) is 0.462. The number of hydrogen-bond donors (Lipinski definition) is 0. The summed E-state index contributed by atoms with van der Waals surface area (Å²) in [5, 5.41) is 0. The molecule has 0 aliphatic rings. The average molecular weight is 240 g/mol. The molecule has 0 bridgehead atoms. The van der Waals surface area contributed by atoms with Gasteiger partial charge in [-0.2, -0.15) is 0 Å². The molecule has 2 nitrogen and oxygen atoms in total. The molecule has 90 valence electrons. The van der Waals surface area contributed by atoms with Crippen LogP contribution in [-0.2, 0) is 4.52 Å². The molecule has 0 saturated heterocycles. The Morgan fingerprint density at radius 2 is 1.62 bits per heavy atom. The Morgan fingerprint density at radius 1 is 1.12 bits per heavy atom. The van der Waals surface area contributed by atoms with Gasteiger partial charge in [0.2, 0.25) is 0 Å². The Labute approximate surface area is 98.0 Å². The van der Waals surface area contributed by atoms with Crippen molar-refractivity contribution in [2.45, 2.75) is 13.8 Å². The van der Waals surface area contributed by atoms with Crippen LogP contribution in [0.2, 0.25) is 0 Å². The zero-order valence-corrected chi connectivity index (χ0v) is 11.5. The van der Waals surface area contributed by atoms with Crippen LogP contribution in [0.1, 0.15) is 24.2 Å². The summed E-state index contributed by atoms with van der Waals surface area (Å²) in [5.41, 5.74) is 0.641. The van der Waals surface area contributed by atoms with E-state index in [2.05, 4.69) is 27.2 Å². The molecule has 0 aliphatic carbocycles. The third-order valence-corrected chi connectivity index (χ3v) is 8.10. The maximum absolute atomic E-state index is 12.0. The molecule has 1 rings (SSSR count). The topological polar surface area (TPSA) is 26.3 Å². The van der Waals surface area contributed by atoms with E-state index < -0.39 is 6.83 Å². The fourth-order valence-electron chi connectivity index (χ4n) is 1.26. The molecule has 0 fully saturated rings. The second-order valence-electron chi connectivity index (χ2n) is 4.94. The molecule has 0 amide bonds. The molecule has 3 heteroatoms. The molecule has 1 aromatic carbocycles. The summed E-state index contributed by atoms with van der Waals surface area (Å²) in [6.07, 6.45) is 1.86. The van der Waals surface area contributed by atoms with Gasteiger partial charge in [-0.25, -0.2) is 0 Å². The van der Waals surface area contributed by atoms with Gasteiger partial charge < -0.3 is 0 Å². The molecule has 0 atom stereocenters. The van der Waals surface area contributed by atoms with Gasteiger partial charge in [-0.1, -0.05) is 0 Å². The molecule has 0 radical (unpaired) electrons. The van der Waals surface area contributed by atoms with E-state index in [9.17, 15) is 4.79 Å². The quantitative estimate of drug-likeness (QED) is 0.751. The summed E-state index contributed by atoms with van der Waals surface area (Å²) >= 11 is 0. The summed E-state index contributed by atoms with van der Waals surface area (Å²) in [7, 11) is 0. The van der Waals surface area contributed by atoms with Crippen LogP contribution >= 0.6 is 6.83 Å². The number of carbonyl (C=O) groups excluding carboxylic acids is 1. The van der Waals surface area contributed by atoms with E-state index >= 15 is 0 Å². The van der Waals surface area contributed by atoms with Crippen molar-refractivity contribution in [1.82, 2.24) is 0 Å². The maximum atomic E-state index is 12.0. The molecule has 1 aromatic rings. The summed E-state index contributed by atoms with van der Waals surface area (Å²) in [4.78, 5) is 12.0. The van der Waals surface area contributed by atoms with Crippen LogP contribution in [0.5, 0.6) is 0 Å². The minimum absolute atomic E-state index is 0.188. The Bertz CT molecular complexity index is 363. The van der Waals surface area contributed by atoms with E-state index in [0.29, 0.717) is 5.56 Å². The molecular weight excluding hydrogens is 219 g/mol. The van der Waals surface area contributed by atoms with Gasteiger partial charge in [0.05, 0.1) is 0 Å². The average Bonchev–Trinajstić information content (AvgIpc) is 2.30. The van der Waals surface area contributed by atoms with Gasteiger partial charge >= 0.3 is 97.5 Å². The van der Waals surface area contributed by atoms with Crippen LogP contribution in [0.15, 0.2) is 30.3 Å². The van der Waals surface area contributed by atoms with E-state index in [-0.39, 0.29) is 5.97 Å². The van der Waals surface area contributed by atoms with Gasteiger partial charge in [-0.3, -0.25) is 0 Å². The first kappa shape index (κ1) is 13.2. The van der Waals surface area contributed by atoms with Crippen molar-refractivity contribution < 1.29 is 9.32 Å². The van der Waals surface area contributed by atoms with Gasteiger partial charge in [-0.05, 0) is 0 Å². The second kappa shape index (κ2) is 4.55. The summed E-state index contributed by atoms with van der Waals surface area (Å²) < 4.78 is 5.80. The molecule has 16 heavy (non-hydrogen) atoms. The summed E-state index contributed by atoms with van der Waals surface area (Å²) in [5.74, 6) is -0.188. The monoisotopic (exact) mass is 240 g/mol. The van der Waals surface area contributed by atoms with E-state index in [0.717, 1.165) is 12.3 Å². The van der Waals surface area contributed by atoms with Crippen molar-refractivity contribution in [2.75, 3.05) is 25.7 Å². The molecular formula is C13H21O2P. The van der Waals surface area contributed by atoms with Crippen molar-refractivity contribution in [3.05, 3.63) is 35.9 Å². The van der Waals surface area contributed by atoms with Crippen LogP contribution < -0.4 is 0 Å². The van der Waals surface area contributed by atoms with E-state index in [1.54, 1.807) is 12.1 Å². The van der Waals surface area contributed by atoms with Gasteiger partial charge in [0.1, 0.15) is 0 Å². The van der Waals surface area contributed by atoms with Crippen molar-refractivity contribution in [3.8, 4) is 0 Å².